The Bertz CT molecular complexity index is 361. The lowest BCUT2D eigenvalue weighted by Gasteiger charge is -2.18. The Balaban J connectivity index is 2.24. The number of nitrogens with zero attached hydrogens (tertiary/aromatic N) is 3. The number of aromatic nitrogens is 1. The normalized spacial score (nSPS) is 15.6. The van der Waals surface area contributed by atoms with Crippen molar-refractivity contribution in [2.75, 3.05) is 18.0 Å². The first-order valence-electron chi connectivity index (χ1n) is 5.08. The molecule has 0 radical (unpaired) electrons. The van der Waals surface area contributed by atoms with Crippen LogP contribution in [0.25, 0.3) is 0 Å². The van der Waals surface area contributed by atoms with Crippen molar-refractivity contribution in [2.45, 2.75) is 19.4 Å². The van der Waals surface area contributed by atoms with E-state index in [2.05, 4.69) is 9.88 Å². The van der Waals surface area contributed by atoms with Gasteiger partial charge in [-0.15, -0.1) is 0 Å². The molecule has 1 aromatic rings. The van der Waals surface area contributed by atoms with Crippen LogP contribution < -0.4 is 4.90 Å². The molecule has 2 rings (SSSR count). The van der Waals surface area contributed by atoms with Gasteiger partial charge in [-0.2, -0.15) is 0 Å². The Kier molecular flexibility index (Phi) is 2.80. The molecule has 1 aromatic heterocycles. The fourth-order valence-electron chi connectivity index (χ4n) is 1.91. The Morgan fingerprint density at radius 1 is 1.47 bits per heavy atom. The van der Waals surface area contributed by atoms with Crippen LogP contribution in [-0.4, -0.2) is 23.0 Å². The van der Waals surface area contributed by atoms with Crippen LogP contribution in [0.15, 0.2) is 18.3 Å². The van der Waals surface area contributed by atoms with Crippen LogP contribution in [0.2, 0.25) is 0 Å². The summed E-state index contributed by atoms with van der Waals surface area (Å²) < 4.78 is 0. The van der Waals surface area contributed by atoms with Crippen LogP contribution in [0, 0.1) is 10.1 Å². The molecule has 1 aliphatic rings. The average Bonchev–Trinajstić information content (AvgIpc) is 2.70. The van der Waals surface area contributed by atoms with Crippen LogP contribution in [0.3, 0.4) is 0 Å². The van der Waals surface area contributed by atoms with E-state index in [-0.39, 0.29) is 11.5 Å². The molecule has 1 fully saturated rings. The molecule has 0 aromatic carbocycles. The minimum absolute atomic E-state index is 0.139. The van der Waals surface area contributed by atoms with E-state index in [1.807, 2.05) is 0 Å². The van der Waals surface area contributed by atoms with E-state index in [1.54, 1.807) is 18.3 Å². The predicted molar refractivity (Wildman–Crippen MR) is 56.4 cm³/mol. The minimum Gasteiger partial charge on any atom is -0.356 e. The van der Waals surface area contributed by atoms with Crippen molar-refractivity contribution >= 4 is 5.82 Å². The fourth-order valence-corrected chi connectivity index (χ4v) is 1.91. The first-order chi connectivity index (χ1) is 7.27. The number of pyridine rings is 1. The largest absolute Gasteiger partial charge is 0.356 e. The smallest absolute Gasteiger partial charge is 0.232 e. The van der Waals surface area contributed by atoms with Crippen LogP contribution in [-0.2, 0) is 6.54 Å². The molecule has 0 amide bonds. The van der Waals surface area contributed by atoms with Crippen molar-refractivity contribution in [2.24, 2.45) is 0 Å². The molecule has 0 unspecified atom stereocenters. The van der Waals surface area contributed by atoms with Crippen molar-refractivity contribution in [3.8, 4) is 0 Å². The summed E-state index contributed by atoms with van der Waals surface area (Å²) in [6.45, 7) is 1.78. The van der Waals surface area contributed by atoms with Gasteiger partial charge >= 0.3 is 0 Å². The monoisotopic (exact) mass is 207 g/mol. The molecule has 5 heteroatoms. The first kappa shape index (κ1) is 9.89. The van der Waals surface area contributed by atoms with Crippen LogP contribution >= 0.6 is 0 Å². The molecule has 80 valence electrons. The molecule has 0 spiro atoms. The average molecular weight is 207 g/mol. The Morgan fingerprint density at radius 3 is 2.87 bits per heavy atom. The lowest BCUT2D eigenvalue weighted by Crippen LogP contribution is -2.21. The molecule has 0 atom stereocenters. The van der Waals surface area contributed by atoms with E-state index < -0.39 is 0 Å². The second-order valence-corrected chi connectivity index (χ2v) is 3.67. The maximum Gasteiger partial charge on any atom is 0.232 e. The second kappa shape index (κ2) is 4.25. The summed E-state index contributed by atoms with van der Waals surface area (Å²) in [4.78, 5) is 16.5. The molecule has 0 saturated carbocycles. The SMILES string of the molecule is O=[N+]([O-])Cc1cccnc1N1CCCC1. The molecule has 5 nitrogen and oxygen atoms in total. The van der Waals surface area contributed by atoms with Gasteiger partial charge in [0.15, 0.2) is 0 Å². The second-order valence-electron chi connectivity index (χ2n) is 3.67. The Hall–Kier alpha value is -1.65. The van der Waals surface area contributed by atoms with Crippen LogP contribution in [0.1, 0.15) is 18.4 Å². The molecule has 1 aliphatic heterocycles. The lowest BCUT2D eigenvalue weighted by molar-refractivity contribution is -0.496. The van der Waals surface area contributed by atoms with E-state index in [1.165, 1.54) is 0 Å². The third kappa shape index (κ3) is 2.23. The van der Waals surface area contributed by atoms with Gasteiger partial charge < -0.3 is 4.90 Å². The predicted octanol–water partition coefficient (Wildman–Crippen LogP) is 1.46. The summed E-state index contributed by atoms with van der Waals surface area (Å²) >= 11 is 0. The van der Waals surface area contributed by atoms with Gasteiger partial charge in [-0.25, -0.2) is 4.98 Å². The van der Waals surface area contributed by atoms with Crippen molar-refractivity contribution in [3.05, 3.63) is 34.0 Å². The summed E-state index contributed by atoms with van der Waals surface area (Å²) in [6, 6.07) is 3.53. The number of hydrogen-bond donors (Lipinski definition) is 0. The van der Waals surface area contributed by atoms with Gasteiger partial charge in [-0.3, -0.25) is 10.1 Å². The molecular weight excluding hydrogens is 194 g/mol. The third-order valence-corrected chi connectivity index (χ3v) is 2.57. The standard InChI is InChI=1S/C10H13N3O2/c14-13(15)8-9-4-3-5-11-10(9)12-6-1-2-7-12/h3-5H,1-2,6-8H2. The molecule has 0 bridgehead atoms. The third-order valence-electron chi connectivity index (χ3n) is 2.57. The van der Waals surface area contributed by atoms with Gasteiger partial charge in [0.1, 0.15) is 5.82 Å². The molecule has 15 heavy (non-hydrogen) atoms. The number of anilines is 1. The van der Waals surface area contributed by atoms with Gasteiger partial charge in [-0.05, 0) is 25.0 Å². The van der Waals surface area contributed by atoms with Gasteiger partial charge in [-0.1, -0.05) is 0 Å². The van der Waals surface area contributed by atoms with Crippen molar-refractivity contribution in [3.63, 3.8) is 0 Å². The van der Waals surface area contributed by atoms with Gasteiger partial charge in [0.2, 0.25) is 6.54 Å². The van der Waals surface area contributed by atoms with E-state index in [9.17, 15) is 10.1 Å². The van der Waals surface area contributed by atoms with Gasteiger partial charge in [0.25, 0.3) is 0 Å². The highest BCUT2D eigenvalue weighted by Gasteiger charge is 2.18. The summed E-state index contributed by atoms with van der Waals surface area (Å²) in [5.74, 6) is 0.784. The van der Waals surface area contributed by atoms with Gasteiger partial charge in [0.05, 0.1) is 5.56 Å². The number of nitro groups is 1. The van der Waals surface area contributed by atoms with Crippen molar-refractivity contribution < 1.29 is 4.92 Å². The molecule has 2 heterocycles. The van der Waals surface area contributed by atoms with Crippen molar-refractivity contribution in [1.29, 1.82) is 0 Å². The minimum atomic E-state index is -0.309. The zero-order valence-corrected chi connectivity index (χ0v) is 8.43. The highest BCUT2D eigenvalue weighted by Crippen LogP contribution is 2.22. The van der Waals surface area contributed by atoms with Gasteiger partial charge in [0, 0.05) is 24.2 Å². The molecule has 0 N–H and O–H groups in total. The highest BCUT2D eigenvalue weighted by atomic mass is 16.6. The van der Waals surface area contributed by atoms with E-state index in [0.29, 0.717) is 5.56 Å². The lowest BCUT2D eigenvalue weighted by atomic mass is 10.2. The summed E-state index contributed by atoms with van der Waals surface area (Å²) in [5, 5.41) is 10.5. The summed E-state index contributed by atoms with van der Waals surface area (Å²) in [6.07, 6.45) is 3.99. The number of hydrogen-bond acceptors (Lipinski definition) is 4. The van der Waals surface area contributed by atoms with E-state index in [4.69, 9.17) is 0 Å². The maximum absolute atomic E-state index is 10.5. The van der Waals surface area contributed by atoms with Crippen LogP contribution in [0.5, 0.6) is 0 Å². The van der Waals surface area contributed by atoms with Crippen molar-refractivity contribution in [1.82, 2.24) is 4.98 Å². The Labute approximate surface area is 87.9 Å². The Morgan fingerprint density at radius 2 is 2.20 bits per heavy atom. The van der Waals surface area contributed by atoms with Crippen LogP contribution in [0.4, 0.5) is 5.82 Å². The maximum atomic E-state index is 10.5. The zero-order chi connectivity index (χ0) is 10.7. The summed E-state index contributed by atoms with van der Waals surface area (Å²) in [7, 11) is 0. The fraction of sp³-hybridized carbons (Fsp3) is 0.500. The number of rotatable bonds is 3. The quantitative estimate of drug-likeness (QED) is 0.556. The first-order valence-corrected chi connectivity index (χ1v) is 5.08. The molecule has 0 aliphatic carbocycles. The molecule has 1 saturated heterocycles. The topological polar surface area (TPSA) is 59.3 Å². The summed E-state index contributed by atoms with van der Waals surface area (Å²) in [5.41, 5.74) is 0.712. The zero-order valence-electron chi connectivity index (χ0n) is 8.43. The van der Waals surface area contributed by atoms with E-state index in [0.717, 1.165) is 31.7 Å². The molecular formula is C10H13N3O2. The highest BCUT2D eigenvalue weighted by molar-refractivity contribution is 5.46. The van der Waals surface area contributed by atoms with E-state index >= 15 is 0 Å².